The number of rotatable bonds is 3. The third-order valence-corrected chi connectivity index (χ3v) is 4.38. The lowest BCUT2D eigenvalue weighted by molar-refractivity contribution is 0.0676. The summed E-state index contributed by atoms with van der Waals surface area (Å²) in [4.78, 5) is 19.1. The fourth-order valence-electron chi connectivity index (χ4n) is 3.22. The molecule has 1 saturated heterocycles. The van der Waals surface area contributed by atoms with Gasteiger partial charge in [-0.3, -0.25) is 4.79 Å². The third-order valence-electron chi connectivity index (χ3n) is 4.38. The maximum absolute atomic E-state index is 12.7. The van der Waals surface area contributed by atoms with Gasteiger partial charge in [-0.1, -0.05) is 13.8 Å². The van der Waals surface area contributed by atoms with Gasteiger partial charge < -0.3 is 13.9 Å². The highest BCUT2D eigenvalue weighted by molar-refractivity contribution is 5.95. The molecule has 0 aromatic carbocycles. The lowest BCUT2D eigenvalue weighted by Gasteiger charge is -2.34. The molecule has 0 aliphatic carbocycles. The molecule has 5 heteroatoms. The van der Waals surface area contributed by atoms with Crippen LogP contribution in [0.3, 0.4) is 0 Å². The summed E-state index contributed by atoms with van der Waals surface area (Å²) in [5, 5.41) is 0. The smallest absolute Gasteiger partial charge is 0.257 e. The Bertz CT molecular complexity index is 656. The molecule has 0 N–H and O–H groups in total. The van der Waals surface area contributed by atoms with Crippen LogP contribution in [0.2, 0.25) is 0 Å². The number of carbonyl (C=O) groups excluding carboxylic acids is 1. The molecule has 3 heterocycles. The summed E-state index contributed by atoms with van der Waals surface area (Å²) in [5.41, 5.74) is 0.676. The van der Waals surface area contributed by atoms with Gasteiger partial charge in [0.1, 0.15) is 11.6 Å². The maximum atomic E-state index is 12.7. The number of hydrogen-bond acceptors (Lipinski definition) is 3. The highest BCUT2D eigenvalue weighted by Crippen LogP contribution is 2.27. The normalized spacial score (nSPS) is 18.9. The first-order valence-corrected chi connectivity index (χ1v) is 7.94. The Labute approximate surface area is 130 Å². The number of amides is 1. The van der Waals surface area contributed by atoms with Gasteiger partial charge in [0, 0.05) is 31.4 Å². The van der Waals surface area contributed by atoms with E-state index < -0.39 is 0 Å². The minimum Gasteiger partial charge on any atom is -0.469 e. The van der Waals surface area contributed by atoms with E-state index in [1.54, 1.807) is 12.3 Å². The monoisotopic (exact) mass is 301 g/mol. The van der Waals surface area contributed by atoms with Crippen molar-refractivity contribution in [3.63, 3.8) is 0 Å². The van der Waals surface area contributed by atoms with Crippen molar-refractivity contribution < 1.29 is 9.21 Å². The quantitative estimate of drug-likeness (QED) is 0.873. The van der Waals surface area contributed by atoms with E-state index in [0.29, 0.717) is 23.3 Å². The Morgan fingerprint density at radius 1 is 1.45 bits per heavy atom. The minimum absolute atomic E-state index is 0.0714. The second-order valence-corrected chi connectivity index (χ2v) is 6.29. The molecule has 22 heavy (non-hydrogen) atoms. The molecule has 1 amide bonds. The van der Waals surface area contributed by atoms with Gasteiger partial charge >= 0.3 is 0 Å². The van der Waals surface area contributed by atoms with Crippen molar-refractivity contribution in [1.29, 1.82) is 0 Å². The van der Waals surface area contributed by atoms with Gasteiger partial charge in [-0.15, -0.1) is 0 Å². The van der Waals surface area contributed by atoms with Crippen LogP contribution in [0.4, 0.5) is 0 Å². The molecule has 1 aliphatic heterocycles. The van der Waals surface area contributed by atoms with Crippen molar-refractivity contribution in [3.05, 3.63) is 41.9 Å². The SMILES string of the molecule is Cc1occc1C(=O)N1CCC[C@@H](n2ccnc2C(C)C)C1. The van der Waals surface area contributed by atoms with Crippen molar-refractivity contribution >= 4 is 5.91 Å². The van der Waals surface area contributed by atoms with Crippen LogP contribution < -0.4 is 0 Å². The fraction of sp³-hybridized carbons (Fsp3) is 0.529. The molecule has 0 spiro atoms. The first-order chi connectivity index (χ1) is 10.6. The first kappa shape index (κ1) is 14.9. The number of nitrogens with zero attached hydrogens (tertiary/aromatic N) is 3. The van der Waals surface area contributed by atoms with Gasteiger partial charge in [0.05, 0.1) is 17.9 Å². The molecule has 2 aromatic rings. The average molecular weight is 301 g/mol. The van der Waals surface area contributed by atoms with Gasteiger partial charge in [0.15, 0.2) is 0 Å². The lowest BCUT2D eigenvalue weighted by atomic mass is 10.0. The summed E-state index contributed by atoms with van der Waals surface area (Å²) in [6, 6.07) is 2.07. The second kappa shape index (κ2) is 5.99. The molecule has 0 radical (unpaired) electrons. The third kappa shape index (κ3) is 2.67. The van der Waals surface area contributed by atoms with Crippen LogP contribution in [-0.4, -0.2) is 33.4 Å². The number of likely N-dealkylation sites (tertiary alicyclic amines) is 1. The number of aryl methyl sites for hydroxylation is 1. The van der Waals surface area contributed by atoms with Crippen molar-refractivity contribution in [3.8, 4) is 0 Å². The molecule has 0 unspecified atom stereocenters. The van der Waals surface area contributed by atoms with Crippen LogP contribution in [0.15, 0.2) is 29.1 Å². The maximum Gasteiger partial charge on any atom is 0.257 e. The van der Waals surface area contributed by atoms with Crippen LogP contribution in [0, 0.1) is 6.92 Å². The average Bonchev–Trinajstić information content (AvgIpc) is 3.15. The van der Waals surface area contributed by atoms with Gasteiger partial charge in [-0.2, -0.15) is 0 Å². The minimum atomic E-state index is 0.0714. The number of furan rings is 1. The summed E-state index contributed by atoms with van der Waals surface area (Å²) >= 11 is 0. The van der Waals surface area contributed by atoms with E-state index in [2.05, 4.69) is 23.4 Å². The number of imidazole rings is 1. The predicted octanol–water partition coefficient (Wildman–Crippen LogP) is 3.39. The Kier molecular flexibility index (Phi) is 4.05. The van der Waals surface area contributed by atoms with E-state index >= 15 is 0 Å². The molecule has 2 aromatic heterocycles. The topological polar surface area (TPSA) is 51.3 Å². The summed E-state index contributed by atoms with van der Waals surface area (Å²) in [5.74, 6) is 2.25. The fourth-order valence-corrected chi connectivity index (χ4v) is 3.22. The molecule has 5 nitrogen and oxygen atoms in total. The van der Waals surface area contributed by atoms with Crippen LogP contribution in [-0.2, 0) is 0 Å². The largest absolute Gasteiger partial charge is 0.469 e. The first-order valence-electron chi connectivity index (χ1n) is 7.94. The van der Waals surface area contributed by atoms with Crippen LogP contribution in [0.5, 0.6) is 0 Å². The van der Waals surface area contributed by atoms with E-state index in [1.165, 1.54) is 0 Å². The summed E-state index contributed by atoms with van der Waals surface area (Å²) in [6.45, 7) is 7.69. The zero-order valence-corrected chi connectivity index (χ0v) is 13.5. The number of aromatic nitrogens is 2. The standard InChI is InChI=1S/C17H23N3O2/c1-12(2)16-18-7-9-20(16)14-5-4-8-19(11-14)17(21)15-6-10-22-13(15)3/h6-7,9-10,12,14H,4-5,8,11H2,1-3H3/t14-/m1/s1. The molecular weight excluding hydrogens is 278 g/mol. The zero-order chi connectivity index (χ0) is 15.7. The predicted molar refractivity (Wildman–Crippen MR) is 83.9 cm³/mol. The number of carbonyl (C=O) groups is 1. The molecule has 0 bridgehead atoms. The van der Waals surface area contributed by atoms with E-state index in [1.807, 2.05) is 24.2 Å². The summed E-state index contributed by atoms with van der Waals surface area (Å²) in [7, 11) is 0. The van der Waals surface area contributed by atoms with Gasteiger partial charge in [-0.05, 0) is 25.8 Å². The summed E-state index contributed by atoms with van der Waals surface area (Å²) in [6.07, 6.45) is 7.58. The molecule has 1 fully saturated rings. The molecule has 118 valence electrons. The van der Waals surface area contributed by atoms with E-state index in [4.69, 9.17) is 4.42 Å². The van der Waals surface area contributed by atoms with Gasteiger partial charge in [0.25, 0.3) is 5.91 Å². The van der Waals surface area contributed by atoms with Crippen LogP contribution >= 0.6 is 0 Å². The molecule has 1 atom stereocenters. The lowest BCUT2D eigenvalue weighted by Crippen LogP contribution is -2.41. The number of hydrogen-bond donors (Lipinski definition) is 0. The van der Waals surface area contributed by atoms with E-state index in [-0.39, 0.29) is 5.91 Å². The van der Waals surface area contributed by atoms with Gasteiger partial charge in [0.2, 0.25) is 0 Å². The molecule has 3 rings (SSSR count). The molecular formula is C17H23N3O2. The Morgan fingerprint density at radius 2 is 2.27 bits per heavy atom. The molecule has 1 aliphatic rings. The van der Waals surface area contributed by atoms with Crippen molar-refractivity contribution in [2.24, 2.45) is 0 Å². The van der Waals surface area contributed by atoms with Gasteiger partial charge in [-0.25, -0.2) is 4.98 Å². The zero-order valence-electron chi connectivity index (χ0n) is 13.5. The Balaban J connectivity index is 1.78. The van der Waals surface area contributed by atoms with Crippen molar-refractivity contribution in [1.82, 2.24) is 14.5 Å². The highest BCUT2D eigenvalue weighted by Gasteiger charge is 2.28. The van der Waals surface area contributed by atoms with E-state index in [0.717, 1.165) is 31.8 Å². The molecule has 0 saturated carbocycles. The Morgan fingerprint density at radius 3 is 2.95 bits per heavy atom. The number of piperidine rings is 1. The van der Waals surface area contributed by atoms with Crippen molar-refractivity contribution in [2.45, 2.75) is 45.6 Å². The van der Waals surface area contributed by atoms with Crippen LogP contribution in [0.1, 0.15) is 60.6 Å². The van der Waals surface area contributed by atoms with Crippen LogP contribution in [0.25, 0.3) is 0 Å². The highest BCUT2D eigenvalue weighted by atomic mass is 16.3. The van der Waals surface area contributed by atoms with Crippen molar-refractivity contribution in [2.75, 3.05) is 13.1 Å². The Hall–Kier alpha value is -2.04. The van der Waals surface area contributed by atoms with E-state index in [9.17, 15) is 4.79 Å². The summed E-state index contributed by atoms with van der Waals surface area (Å²) < 4.78 is 7.51. The second-order valence-electron chi connectivity index (χ2n) is 6.29.